The summed E-state index contributed by atoms with van der Waals surface area (Å²) in [5.74, 6) is 0.550. The number of nitrogens with zero attached hydrogens (tertiary/aromatic N) is 5. The molecule has 7 rings (SSSR count). The molecule has 1 amide bonds. The molecule has 39 heavy (non-hydrogen) atoms. The second-order valence-electron chi connectivity index (χ2n) is 11.1. The molecule has 0 unspecified atom stereocenters. The van der Waals surface area contributed by atoms with Crippen LogP contribution in [0.2, 0.25) is 0 Å². The number of nitrogens with two attached hydrogens (primary N) is 1. The smallest absolute Gasteiger partial charge is 0.256 e. The third-order valence-corrected chi connectivity index (χ3v) is 8.43. The molecule has 1 atom stereocenters. The standard InChI is InChI=1S/C29H31FN8O/c30-21-14-18(28(39)35-23-15-19(6-9-32-23)37-11-2-1-3-12-37)4-5-20(21)24-25-26(31)33-10-13-38(25)27(36-24)22-16-29(7-8-29)17-34-22/h4-6,9-10,13-15,22,34H,1-3,7-8,11-12,16-17H2,(H2,31,33)(H,32,35,39)/t22-/m0/s1. The first-order chi connectivity index (χ1) is 19.0. The van der Waals surface area contributed by atoms with Gasteiger partial charge in [-0.25, -0.2) is 19.3 Å². The number of nitrogen functional groups attached to an aromatic ring is 1. The number of amides is 1. The maximum absolute atomic E-state index is 15.6. The molecule has 3 fully saturated rings. The lowest BCUT2D eigenvalue weighted by Crippen LogP contribution is -2.29. The number of halogens is 1. The van der Waals surface area contributed by atoms with Crippen molar-refractivity contribution in [2.75, 3.05) is 35.6 Å². The molecule has 1 aromatic carbocycles. The van der Waals surface area contributed by atoms with Gasteiger partial charge in [0.25, 0.3) is 5.91 Å². The molecule has 1 spiro atoms. The highest BCUT2D eigenvalue weighted by atomic mass is 19.1. The lowest BCUT2D eigenvalue weighted by molar-refractivity contribution is 0.102. The van der Waals surface area contributed by atoms with Gasteiger partial charge < -0.3 is 21.3 Å². The van der Waals surface area contributed by atoms with Crippen molar-refractivity contribution in [3.8, 4) is 11.3 Å². The number of aromatic nitrogens is 4. The normalized spacial score (nSPS) is 20.0. The van der Waals surface area contributed by atoms with Crippen LogP contribution in [0.3, 0.4) is 0 Å². The molecule has 3 aliphatic rings. The molecule has 4 N–H and O–H groups in total. The molecule has 2 saturated heterocycles. The zero-order chi connectivity index (χ0) is 26.6. The molecule has 1 saturated carbocycles. The van der Waals surface area contributed by atoms with Gasteiger partial charge in [0.15, 0.2) is 0 Å². The number of imidazole rings is 1. The number of piperidine rings is 1. The van der Waals surface area contributed by atoms with Gasteiger partial charge in [-0.1, -0.05) is 0 Å². The van der Waals surface area contributed by atoms with E-state index >= 15 is 4.39 Å². The molecule has 5 heterocycles. The Morgan fingerprint density at radius 1 is 1.10 bits per heavy atom. The van der Waals surface area contributed by atoms with Crippen LogP contribution in [0, 0.1) is 11.2 Å². The summed E-state index contributed by atoms with van der Waals surface area (Å²) in [5, 5.41) is 6.40. The first-order valence-corrected chi connectivity index (χ1v) is 13.7. The number of anilines is 3. The van der Waals surface area contributed by atoms with Crippen LogP contribution in [0.15, 0.2) is 48.9 Å². The van der Waals surface area contributed by atoms with E-state index in [9.17, 15) is 4.79 Å². The highest BCUT2D eigenvalue weighted by Crippen LogP contribution is 2.55. The van der Waals surface area contributed by atoms with Gasteiger partial charge in [0.05, 0.1) is 6.04 Å². The van der Waals surface area contributed by atoms with Crippen molar-refractivity contribution in [1.82, 2.24) is 24.7 Å². The Morgan fingerprint density at radius 3 is 2.72 bits per heavy atom. The van der Waals surface area contributed by atoms with E-state index in [-0.39, 0.29) is 23.0 Å². The van der Waals surface area contributed by atoms with Crippen LogP contribution in [0.5, 0.6) is 0 Å². The van der Waals surface area contributed by atoms with Crippen LogP contribution >= 0.6 is 0 Å². The average molecular weight is 527 g/mol. The monoisotopic (exact) mass is 526 g/mol. The Labute approximate surface area is 225 Å². The van der Waals surface area contributed by atoms with Crippen molar-refractivity contribution in [2.24, 2.45) is 5.41 Å². The zero-order valence-electron chi connectivity index (χ0n) is 21.7. The number of benzene rings is 1. The summed E-state index contributed by atoms with van der Waals surface area (Å²) in [6.45, 7) is 2.95. The van der Waals surface area contributed by atoms with E-state index in [1.165, 1.54) is 25.3 Å². The van der Waals surface area contributed by atoms with Crippen molar-refractivity contribution in [3.63, 3.8) is 0 Å². The molecule has 0 radical (unpaired) electrons. The third-order valence-electron chi connectivity index (χ3n) is 8.43. The summed E-state index contributed by atoms with van der Waals surface area (Å²) in [6.07, 6.45) is 12.2. The highest BCUT2D eigenvalue weighted by molar-refractivity contribution is 6.04. The lowest BCUT2D eigenvalue weighted by Gasteiger charge is -2.28. The molecule has 10 heteroatoms. The summed E-state index contributed by atoms with van der Waals surface area (Å²) in [6, 6.07) is 8.31. The van der Waals surface area contributed by atoms with E-state index in [0.717, 1.165) is 50.4 Å². The zero-order valence-corrected chi connectivity index (χ0v) is 21.7. The number of carbonyl (C=O) groups is 1. The summed E-state index contributed by atoms with van der Waals surface area (Å²) in [7, 11) is 0. The van der Waals surface area contributed by atoms with Crippen molar-refractivity contribution < 1.29 is 9.18 Å². The Hall–Kier alpha value is -4.05. The maximum atomic E-state index is 15.6. The summed E-state index contributed by atoms with van der Waals surface area (Å²) >= 11 is 0. The lowest BCUT2D eigenvalue weighted by atomic mass is 10.0. The third kappa shape index (κ3) is 4.38. The average Bonchev–Trinajstić information content (AvgIpc) is 3.41. The van der Waals surface area contributed by atoms with E-state index in [0.29, 0.717) is 22.4 Å². The van der Waals surface area contributed by atoms with E-state index in [2.05, 4.69) is 25.5 Å². The van der Waals surface area contributed by atoms with Crippen LogP contribution in [0.25, 0.3) is 16.8 Å². The maximum Gasteiger partial charge on any atom is 0.256 e. The van der Waals surface area contributed by atoms with Crippen LogP contribution in [-0.4, -0.2) is 44.9 Å². The second kappa shape index (κ2) is 9.30. The largest absolute Gasteiger partial charge is 0.382 e. The molecule has 9 nitrogen and oxygen atoms in total. The first kappa shape index (κ1) is 24.0. The summed E-state index contributed by atoms with van der Waals surface area (Å²) in [5.41, 5.74) is 9.13. The Balaban J connectivity index is 1.16. The number of carbonyl (C=O) groups excluding carboxylic acids is 1. The number of fused-ring (bicyclic) bond motifs is 1. The van der Waals surface area contributed by atoms with Gasteiger partial charge >= 0.3 is 0 Å². The SMILES string of the molecule is Nc1nccn2c([C@@H]3CC4(CC4)CN3)nc(-c3ccc(C(=O)Nc4cc(N5CCCCC5)ccn4)cc3F)c12. The number of nitrogens with one attached hydrogen (secondary N) is 2. The van der Waals surface area contributed by atoms with Crippen LogP contribution in [-0.2, 0) is 0 Å². The topological polar surface area (TPSA) is 113 Å². The molecular formula is C29H31FN8O. The quantitative estimate of drug-likeness (QED) is 0.349. The number of rotatable bonds is 5. The molecule has 3 aromatic heterocycles. The van der Waals surface area contributed by atoms with Gasteiger partial charge in [-0.15, -0.1) is 0 Å². The molecular weight excluding hydrogens is 495 g/mol. The van der Waals surface area contributed by atoms with E-state index in [1.54, 1.807) is 24.5 Å². The fourth-order valence-electron chi connectivity index (χ4n) is 6.05. The van der Waals surface area contributed by atoms with Crippen LogP contribution in [0.4, 0.5) is 21.7 Å². The van der Waals surface area contributed by atoms with E-state index in [1.807, 2.05) is 22.7 Å². The molecule has 0 bridgehead atoms. The number of hydrogen-bond donors (Lipinski definition) is 3. The van der Waals surface area contributed by atoms with Gasteiger partial charge in [0, 0.05) is 61.1 Å². The Kier molecular flexibility index (Phi) is 5.73. The minimum Gasteiger partial charge on any atom is -0.382 e. The number of pyridine rings is 1. The highest BCUT2D eigenvalue weighted by Gasteiger charge is 2.49. The van der Waals surface area contributed by atoms with Gasteiger partial charge in [-0.05, 0) is 68.2 Å². The fraction of sp³-hybridized carbons (Fsp3) is 0.379. The molecule has 1 aliphatic carbocycles. The predicted octanol–water partition coefficient (Wildman–Crippen LogP) is 4.57. The van der Waals surface area contributed by atoms with Crippen LogP contribution in [0.1, 0.15) is 60.7 Å². The number of hydrogen-bond acceptors (Lipinski definition) is 7. The predicted molar refractivity (Wildman–Crippen MR) is 148 cm³/mol. The van der Waals surface area contributed by atoms with Gasteiger partial charge in [-0.3, -0.25) is 9.20 Å². The van der Waals surface area contributed by atoms with E-state index < -0.39 is 11.7 Å². The Morgan fingerprint density at radius 2 is 1.95 bits per heavy atom. The van der Waals surface area contributed by atoms with Gasteiger partial charge in [-0.2, -0.15) is 0 Å². The van der Waals surface area contributed by atoms with Crippen LogP contribution < -0.4 is 21.3 Å². The van der Waals surface area contributed by atoms with Crippen molar-refractivity contribution >= 4 is 28.7 Å². The Bertz CT molecular complexity index is 1570. The minimum atomic E-state index is -0.550. The molecule has 4 aromatic rings. The minimum absolute atomic E-state index is 0.0665. The first-order valence-electron chi connectivity index (χ1n) is 13.7. The molecule has 2 aliphatic heterocycles. The summed E-state index contributed by atoms with van der Waals surface area (Å²) in [4.78, 5) is 28.7. The van der Waals surface area contributed by atoms with Crippen molar-refractivity contribution in [1.29, 1.82) is 0 Å². The van der Waals surface area contributed by atoms with Crippen molar-refractivity contribution in [3.05, 3.63) is 66.1 Å². The van der Waals surface area contributed by atoms with Crippen molar-refractivity contribution in [2.45, 2.75) is 44.6 Å². The fourth-order valence-corrected chi connectivity index (χ4v) is 6.05. The molecule has 200 valence electrons. The van der Waals surface area contributed by atoms with Gasteiger partial charge in [0.1, 0.15) is 34.5 Å². The van der Waals surface area contributed by atoms with Gasteiger partial charge in [0.2, 0.25) is 0 Å². The second-order valence-corrected chi connectivity index (χ2v) is 11.1. The summed E-state index contributed by atoms with van der Waals surface area (Å²) < 4.78 is 17.5. The van der Waals surface area contributed by atoms with E-state index in [4.69, 9.17) is 10.7 Å².